The molecule has 0 radical (unpaired) electrons. The molecule has 2 atom stereocenters. The number of amides is 1. The molecule has 146 valence electrons. The molecular weight excluding hydrogens is 354 g/mol. The van der Waals surface area contributed by atoms with E-state index >= 15 is 0 Å². The number of thiophene rings is 1. The van der Waals surface area contributed by atoms with E-state index < -0.39 is 0 Å². The topological polar surface area (TPSA) is 35.6 Å². The lowest BCUT2D eigenvalue weighted by atomic mass is 10.0. The van der Waals surface area contributed by atoms with Gasteiger partial charge in [0.15, 0.2) is 0 Å². The fourth-order valence-electron chi connectivity index (χ4n) is 3.86. The highest BCUT2D eigenvalue weighted by Crippen LogP contribution is 2.30. The maximum absolute atomic E-state index is 12.3. The summed E-state index contributed by atoms with van der Waals surface area (Å²) in [6.07, 6.45) is 0.587. The molecule has 3 rings (SSSR count). The van der Waals surface area contributed by atoms with Crippen LogP contribution in [0.4, 0.5) is 5.69 Å². The van der Waals surface area contributed by atoms with Gasteiger partial charge in [0, 0.05) is 49.2 Å². The summed E-state index contributed by atoms with van der Waals surface area (Å²) in [5.74, 6) is 0.536. The first-order chi connectivity index (χ1) is 13.0. The van der Waals surface area contributed by atoms with Gasteiger partial charge in [0.25, 0.3) is 0 Å². The maximum Gasteiger partial charge on any atom is 0.220 e. The van der Waals surface area contributed by atoms with E-state index in [1.165, 1.54) is 10.6 Å². The smallest absolute Gasteiger partial charge is 0.220 e. The summed E-state index contributed by atoms with van der Waals surface area (Å²) >= 11 is 1.78. The fraction of sp³-hybridized carbons (Fsp3) is 0.500. The average molecular weight is 386 g/mol. The third kappa shape index (κ3) is 5.33. The summed E-state index contributed by atoms with van der Waals surface area (Å²) in [5.41, 5.74) is 1.29. The first kappa shape index (κ1) is 19.9. The van der Waals surface area contributed by atoms with Crippen LogP contribution in [-0.2, 0) is 4.79 Å². The summed E-state index contributed by atoms with van der Waals surface area (Å²) in [4.78, 5) is 18.6. The van der Waals surface area contributed by atoms with Crippen LogP contribution < -0.4 is 10.2 Å². The van der Waals surface area contributed by atoms with Crippen LogP contribution in [0.1, 0.15) is 38.1 Å². The minimum atomic E-state index is 0.0955. The van der Waals surface area contributed by atoms with Gasteiger partial charge in [-0.05, 0) is 36.4 Å². The largest absolute Gasteiger partial charge is 0.369 e. The molecule has 1 aliphatic rings. The normalized spacial score (nSPS) is 17.7. The predicted molar refractivity (Wildman–Crippen MR) is 114 cm³/mol. The van der Waals surface area contributed by atoms with Gasteiger partial charge >= 0.3 is 0 Å². The van der Waals surface area contributed by atoms with Crippen LogP contribution in [0.25, 0.3) is 0 Å². The molecule has 4 nitrogen and oxygen atoms in total. The fourth-order valence-corrected chi connectivity index (χ4v) is 4.83. The van der Waals surface area contributed by atoms with Crippen molar-refractivity contribution in [1.82, 2.24) is 10.2 Å². The Hall–Kier alpha value is -1.85. The molecule has 2 aromatic rings. The van der Waals surface area contributed by atoms with Gasteiger partial charge in [-0.15, -0.1) is 11.3 Å². The molecule has 0 bridgehead atoms. The van der Waals surface area contributed by atoms with Gasteiger partial charge in [-0.3, -0.25) is 9.69 Å². The van der Waals surface area contributed by atoms with Crippen molar-refractivity contribution < 1.29 is 4.79 Å². The molecule has 1 N–H and O–H groups in total. The van der Waals surface area contributed by atoms with E-state index in [0.29, 0.717) is 12.3 Å². The van der Waals surface area contributed by atoms with Crippen molar-refractivity contribution in [3.63, 3.8) is 0 Å². The minimum absolute atomic E-state index is 0.0955. The van der Waals surface area contributed by atoms with Crippen LogP contribution in [0.2, 0.25) is 0 Å². The Balaban J connectivity index is 1.67. The van der Waals surface area contributed by atoms with Crippen molar-refractivity contribution in [2.75, 3.05) is 31.1 Å². The van der Waals surface area contributed by atoms with Crippen LogP contribution in [0, 0.1) is 5.92 Å². The molecule has 1 amide bonds. The molecule has 1 saturated heterocycles. The van der Waals surface area contributed by atoms with Crippen LogP contribution in [0.3, 0.4) is 0 Å². The molecule has 2 heterocycles. The lowest BCUT2D eigenvalue weighted by Crippen LogP contribution is -2.52. The highest BCUT2D eigenvalue weighted by Gasteiger charge is 2.30. The summed E-state index contributed by atoms with van der Waals surface area (Å²) in [6, 6.07) is 15.3. The van der Waals surface area contributed by atoms with Crippen LogP contribution >= 0.6 is 11.3 Å². The standard InChI is InChI=1S/C22H31N3OS/c1-17(2)16-21(26)23-18(3)22(20-10-7-15-27-20)25-13-11-24(12-14-25)19-8-5-4-6-9-19/h4-10,15,17-18,22H,11-14,16H2,1-3H3,(H,23,26)/t18-,22+/m0/s1. The Bertz CT molecular complexity index is 694. The number of nitrogens with one attached hydrogen (secondary N) is 1. The summed E-state index contributed by atoms with van der Waals surface area (Å²) < 4.78 is 0. The zero-order valence-corrected chi connectivity index (χ0v) is 17.4. The molecule has 5 heteroatoms. The Labute approximate surface area is 167 Å². The Morgan fingerprint density at radius 1 is 1.04 bits per heavy atom. The van der Waals surface area contributed by atoms with Crippen molar-refractivity contribution in [3.8, 4) is 0 Å². The number of piperazine rings is 1. The van der Waals surface area contributed by atoms with E-state index in [9.17, 15) is 4.79 Å². The van der Waals surface area contributed by atoms with Crippen molar-refractivity contribution in [1.29, 1.82) is 0 Å². The molecule has 1 aromatic carbocycles. The molecule has 0 unspecified atom stereocenters. The Morgan fingerprint density at radius 3 is 2.33 bits per heavy atom. The number of hydrogen-bond donors (Lipinski definition) is 1. The van der Waals surface area contributed by atoms with E-state index in [1.54, 1.807) is 11.3 Å². The summed E-state index contributed by atoms with van der Waals surface area (Å²) in [6.45, 7) is 10.3. The van der Waals surface area contributed by atoms with Gasteiger partial charge in [0.1, 0.15) is 0 Å². The zero-order chi connectivity index (χ0) is 19.2. The second-order valence-corrected chi connectivity index (χ2v) is 8.75. The van der Waals surface area contributed by atoms with Gasteiger partial charge < -0.3 is 10.2 Å². The van der Waals surface area contributed by atoms with Crippen LogP contribution in [0.15, 0.2) is 47.8 Å². The van der Waals surface area contributed by atoms with Crippen LogP contribution in [0.5, 0.6) is 0 Å². The second-order valence-electron chi connectivity index (χ2n) is 7.77. The van der Waals surface area contributed by atoms with E-state index in [4.69, 9.17) is 0 Å². The van der Waals surface area contributed by atoms with Crippen molar-refractivity contribution in [3.05, 3.63) is 52.7 Å². The number of hydrogen-bond acceptors (Lipinski definition) is 4. The maximum atomic E-state index is 12.3. The van der Waals surface area contributed by atoms with Gasteiger partial charge in [0.2, 0.25) is 5.91 Å². The van der Waals surface area contributed by atoms with E-state index in [0.717, 1.165) is 26.2 Å². The molecule has 1 fully saturated rings. The number of anilines is 1. The Kier molecular flexibility index (Phi) is 6.91. The van der Waals surface area contributed by atoms with Crippen molar-refractivity contribution in [2.45, 2.75) is 39.3 Å². The number of carbonyl (C=O) groups excluding carboxylic acids is 1. The zero-order valence-electron chi connectivity index (χ0n) is 16.6. The summed E-state index contributed by atoms with van der Waals surface area (Å²) in [5, 5.41) is 5.38. The van der Waals surface area contributed by atoms with E-state index in [1.807, 2.05) is 0 Å². The van der Waals surface area contributed by atoms with Gasteiger partial charge in [-0.25, -0.2) is 0 Å². The van der Waals surface area contributed by atoms with Crippen LogP contribution in [-0.4, -0.2) is 43.0 Å². The highest BCUT2D eigenvalue weighted by atomic mass is 32.1. The number of para-hydroxylation sites is 1. The molecule has 1 aliphatic heterocycles. The van der Waals surface area contributed by atoms with Crippen molar-refractivity contribution >= 4 is 22.9 Å². The third-order valence-electron chi connectivity index (χ3n) is 5.12. The first-order valence-electron chi connectivity index (χ1n) is 9.91. The molecule has 27 heavy (non-hydrogen) atoms. The number of nitrogens with zero attached hydrogens (tertiary/aromatic N) is 2. The van der Waals surface area contributed by atoms with Gasteiger partial charge in [-0.2, -0.15) is 0 Å². The average Bonchev–Trinajstić information content (AvgIpc) is 3.16. The van der Waals surface area contributed by atoms with E-state index in [-0.39, 0.29) is 18.0 Å². The number of carbonyl (C=O) groups is 1. The number of rotatable bonds is 7. The molecule has 0 saturated carbocycles. The molecule has 0 spiro atoms. The Morgan fingerprint density at radius 2 is 1.74 bits per heavy atom. The minimum Gasteiger partial charge on any atom is -0.369 e. The predicted octanol–water partition coefficient (Wildman–Crippen LogP) is 4.16. The quantitative estimate of drug-likeness (QED) is 0.777. The second kappa shape index (κ2) is 9.38. The highest BCUT2D eigenvalue weighted by molar-refractivity contribution is 7.10. The van der Waals surface area contributed by atoms with Gasteiger partial charge in [0.05, 0.1) is 6.04 Å². The lowest BCUT2D eigenvalue weighted by Gasteiger charge is -2.42. The molecule has 0 aliphatic carbocycles. The number of benzene rings is 1. The van der Waals surface area contributed by atoms with Crippen molar-refractivity contribution in [2.24, 2.45) is 5.92 Å². The third-order valence-corrected chi connectivity index (χ3v) is 6.06. The monoisotopic (exact) mass is 385 g/mol. The molecular formula is C22H31N3OS. The SMILES string of the molecule is CC(C)CC(=O)N[C@@H](C)[C@H](c1cccs1)N1CCN(c2ccccc2)CC1. The molecule has 1 aromatic heterocycles. The lowest BCUT2D eigenvalue weighted by molar-refractivity contribution is -0.122. The van der Waals surface area contributed by atoms with Gasteiger partial charge in [-0.1, -0.05) is 38.1 Å². The first-order valence-corrected chi connectivity index (χ1v) is 10.8. The van der Waals surface area contributed by atoms with E-state index in [2.05, 4.69) is 83.7 Å². The summed E-state index contributed by atoms with van der Waals surface area (Å²) in [7, 11) is 0.